The predicted octanol–water partition coefficient (Wildman–Crippen LogP) is 5.37. The predicted molar refractivity (Wildman–Crippen MR) is 101 cm³/mol. The second kappa shape index (κ2) is 7.05. The molecule has 1 aromatic carbocycles. The Kier molecular flexibility index (Phi) is 5.60. The summed E-state index contributed by atoms with van der Waals surface area (Å²) in [5.41, 5.74) is 3.33. The maximum absolute atomic E-state index is 4.78. The van der Waals surface area contributed by atoms with E-state index in [0.717, 1.165) is 37.5 Å². The maximum atomic E-state index is 4.78. The van der Waals surface area contributed by atoms with E-state index < -0.39 is 0 Å². The maximum Gasteiger partial charge on any atom is 0.161 e. The van der Waals surface area contributed by atoms with Gasteiger partial charge < -0.3 is 5.32 Å². The largest absolute Gasteiger partial charge is 0.369 e. The molecule has 0 aliphatic heterocycles. The molecule has 0 radical (unpaired) electrons. The van der Waals surface area contributed by atoms with E-state index in [9.17, 15) is 0 Å². The van der Waals surface area contributed by atoms with Crippen molar-refractivity contribution in [1.29, 1.82) is 0 Å². The molecule has 1 aromatic heterocycles. The number of benzene rings is 1. The molecule has 2 aromatic rings. The summed E-state index contributed by atoms with van der Waals surface area (Å²) in [7, 11) is 0. The number of nitrogens with one attached hydrogen (secondary N) is 1. The molecule has 0 fully saturated rings. The fraction of sp³-hybridized carbons (Fsp3) is 0.375. The van der Waals surface area contributed by atoms with Crippen molar-refractivity contribution < 1.29 is 0 Å². The van der Waals surface area contributed by atoms with E-state index in [1.165, 1.54) is 5.56 Å². The van der Waals surface area contributed by atoms with Gasteiger partial charge in [0.2, 0.25) is 0 Å². The van der Waals surface area contributed by atoms with Crippen molar-refractivity contribution in [3.63, 3.8) is 0 Å². The molecule has 2 rings (SSSR count). The van der Waals surface area contributed by atoms with Gasteiger partial charge in [-0.05, 0) is 54.0 Å². The molecule has 0 saturated heterocycles. The van der Waals surface area contributed by atoms with E-state index >= 15 is 0 Å². The minimum Gasteiger partial charge on any atom is -0.369 e. The first kappa shape index (κ1) is 16.7. The van der Waals surface area contributed by atoms with Crippen LogP contribution in [0.15, 0.2) is 22.7 Å². The Balaban J connectivity index is 2.59. The molecular formula is C16H19BrIN3. The van der Waals surface area contributed by atoms with Gasteiger partial charge in [0.25, 0.3) is 0 Å². The topological polar surface area (TPSA) is 37.8 Å². The smallest absolute Gasteiger partial charge is 0.161 e. The van der Waals surface area contributed by atoms with E-state index in [4.69, 9.17) is 9.97 Å². The highest BCUT2D eigenvalue weighted by Gasteiger charge is 2.15. The molecule has 1 N–H and O–H groups in total. The van der Waals surface area contributed by atoms with Crippen LogP contribution in [0, 0.1) is 10.5 Å². The number of hydrogen-bond acceptors (Lipinski definition) is 3. The van der Waals surface area contributed by atoms with Gasteiger partial charge in [0.15, 0.2) is 5.82 Å². The fourth-order valence-corrected chi connectivity index (χ4v) is 3.43. The van der Waals surface area contributed by atoms with Gasteiger partial charge in [-0.1, -0.05) is 41.9 Å². The molecule has 0 aliphatic carbocycles. The van der Waals surface area contributed by atoms with Crippen LogP contribution < -0.4 is 5.32 Å². The molecule has 0 saturated carbocycles. The number of halogens is 2. The molecule has 0 atom stereocenters. The molecule has 0 amide bonds. The molecular weight excluding hydrogens is 441 g/mol. The Morgan fingerprint density at radius 1 is 1.29 bits per heavy atom. The highest BCUT2D eigenvalue weighted by molar-refractivity contribution is 14.1. The summed E-state index contributed by atoms with van der Waals surface area (Å²) in [5.74, 6) is 2.06. The second-order valence-corrected chi connectivity index (χ2v) is 7.18. The van der Waals surface area contributed by atoms with Gasteiger partial charge in [-0.2, -0.15) is 0 Å². The Morgan fingerprint density at radius 2 is 2.00 bits per heavy atom. The molecule has 0 unspecified atom stereocenters. The first-order chi connectivity index (χ1) is 9.93. The summed E-state index contributed by atoms with van der Waals surface area (Å²) in [6.45, 7) is 9.33. The third kappa shape index (κ3) is 3.74. The zero-order chi connectivity index (χ0) is 15.6. The van der Waals surface area contributed by atoms with Crippen molar-refractivity contribution >= 4 is 44.3 Å². The number of anilines is 1. The fourth-order valence-electron chi connectivity index (χ4n) is 1.99. The third-order valence-electron chi connectivity index (χ3n) is 3.20. The number of nitrogens with zero attached hydrogens (tertiary/aromatic N) is 2. The van der Waals surface area contributed by atoms with E-state index in [1.54, 1.807) is 0 Å². The van der Waals surface area contributed by atoms with Gasteiger partial charge in [0.1, 0.15) is 5.82 Å². The minimum atomic E-state index is 0.366. The summed E-state index contributed by atoms with van der Waals surface area (Å²) in [6.07, 6.45) is 0. The van der Waals surface area contributed by atoms with Crippen LogP contribution in [0.25, 0.3) is 11.4 Å². The molecule has 1 heterocycles. The van der Waals surface area contributed by atoms with E-state index in [0.29, 0.717) is 5.92 Å². The molecule has 21 heavy (non-hydrogen) atoms. The van der Waals surface area contributed by atoms with Gasteiger partial charge in [-0.3, -0.25) is 0 Å². The van der Waals surface area contributed by atoms with Gasteiger partial charge >= 0.3 is 0 Å². The van der Waals surface area contributed by atoms with Crippen LogP contribution in [0.2, 0.25) is 0 Å². The Hall–Kier alpha value is -0.690. The van der Waals surface area contributed by atoms with Gasteiger partial charge in [-0.25, -0.2) is 9.97 Å². The average Bonchev–Trinajstić information content (AvgIpc) is 2.44. The molecule has 112 valence electrons. The van der Waals surface area contributed by atoms with Crippen LogP contribution >= 0.6 is 38.5 Å². The Morgan fingerprint density at radius 3 is 2.57 bits per heavy atom. The van der Waals surface area contributed by atoms with E-state index in [2.05, 4.69) is 89.7 Å². The van der Waals surface area contributed by atoms with Crippen molar-refractivity contribution in [3.8, 4) is 11.4 Å². The van der Waals surface area contributed by atoms with Crippen LogP contribution in [-0.4, -0.2) is 16.5 Å². The SMILES string of the molecule is CCNc1nc(-c2ccc(C)c(Br)c2)nc(C(C)C)c1I. The van der Waals surface area contributed by atoms with Crippen molar-refractivity contribution in [2.45, 2.75) is 33.6 Å². The van der Waals surface area contributed by atoms with Crippen LogP contribution in [0.4, 0.5) is 5.82 Å². The summed E-state index contributed by atoms with van der Waals surface area (Å²) in [5, 5.41) is 3.34. The molecule has 5 heteroatoms. The Bertz CT molecular complexity index is 656. The summed E-state index contributed by atoms with van der Waals surface area (Å²) in [6, 6.07) is 6.24. The van der Waals surface area contributed by atoms with Crippen LogP contribution in [0.3, 0.4) is 0 Å². The minimum absolute atomic E-state index is 0.366. The lowest BCUT2D eigenvalue weighted by molar-refractivity contribution is 0.808. The zero-order valence-electron chi connectivity index (χ0n) is 12.7. The van der Waals surface area contributed by atoms with E-state index in [-0.39, 0.29) is 0 Å². The summed E-state index contributed by atoms with van der Waals surface area (Å²) < 4.78 is 2.19. The van der Waals surface area contributed by atoms with Crippen molar-refractivity contribution in [2.24, 2.45) is 0 Å². The van der Waals surface area contributed by atoms with Gasteiger partial charge in [0.05, 0.1) is 9.26 Å². The van der Waals surface area contributed by atoms with Crippen molar-refractivity contribution in [1.82, 2.24) is 9.97 Å². The number of rotatable bonds is 4. The normalized spacial score (nSPS) is 11.0. The lowest BCUT2D eigenvalue weighted by Crippen LogP contribution is -2.09. The van der Waals surface area contributed by atoms with Gasteiger partial charge in [-0.15, -0.1) is 0 Å². The number of aryl methyl sites for hydroxylation is 1. The number of aromatic nitrogens is 2. The summed E-state index contributed by atoms with van der Waals surface area (Å²) >= 11 is 5.91. The third-order valence-corrected chi connectivity index (χ3v) is 5.12. The second-order valence-electron chi connectivity index (χ2n) is 5.24. The van der Waals surface area contributed by atoms with Crippen LogP contribution in [-0.2, 0) is 0 Å². The summed E-state index contributed by atoms with van der Waals surface area (Å²) in [4.78, 5) is 9.47. The first-order valence-electron chi connectivity index (χ1n) is 7.01. The van der Waals surface area contributed by atoms with Crippen LogP contribution in [0.1, 0.15) is 37.9 Å². The quantitative estimate of drug-likeness (QED) is 0.624. The molecule has 0 spiro atoms. The van der Waals surface area contributed by atoms with Gasteiger partial charge in [0, 0.05) is 16.6 Å². The van der Waals surface area contributed by atoms with E-state index in [1.807, 2.05) is 0 Å². The van der Waals surface area contributed by atoms with Crippen LogP contribution in [0.5, 0.6) is 0 Å². The average molecular weight is 460 g/mol. The van der Waals surface area contributed by atoms with Crippen molar-refractivity contribution in [3.05, 3.63) is 37.5 Å². The highest BCUT2D eigenvalue weighted by Crippen LogP contribution is 2.30. The van der Waals surface area contributed by atoms with Crippen molar-refractivity contribution in [2.75, 3.05) is 11.9 Å². The lowest BCUT2D eigenvalue weighted by Gasteiger charge is -2.14. The Labute approximate surface area is 148 Å². The molecule has 0 bridgehead atoms. The zero-order valence-corrected chi connectivity index (χ0v) is 16.4. The highest BCUT2D eigenvalue weighted by atomic mass is 127. The number of hydrogen-bond donors (Lipinski definition) is 1. The molecule has 0 aliphatic rings. The lowest BCUT2D eigenvalue weighted by atomic mass is 10.1. The first-order valence-corrected chi connectivity index (χ1v) is 8.89. The molecule has 3 nitrogen and oxygen atoms in total. The monoisotopic (exact) mass is 459 g/mol. The standard InChI is InChI=1S/C16H19BrIN3/c1-5-19-16-13(18)14(9(2)3)20-15(21-16)11-7-6-10(4)12(17)8-11/h6-9H,5H2,1-4H3,(H,19,20,21).